The van der Waals surface area contributed by atoms with Gasteiger partial charge in [-0.1, -0.05) is 50.6 Å². The minimum atomic E-state index is -1.03. The lowest BCUT2D eigenvalue weighted by atomic mass is 9.47. The molecule has 1 aromatic rings. The van der Waals surface area contributed by atoms with Crippen molar-refractivity contribution in [3.8, 4) is 0 Å². The molecule has 5 rings (SSSR count). The minimum Gasteiger partial charge on any atom is -0.458 e. The van der Waals surface area contributed by atoms with E-state index in [0.29, 0.717) is 29.2 Å². The highest BCUT2D eigenvalue weighted by Gasteiger charge is 2.59. The van der Waals surface area contributed by atoms with Crippen LogP contribution in [0, 0.1) is 40.4 Å². The molecule has 0 heterocycles. The second-order valence-electron chi connectivity index (χ2n) is 14.3. The Morgan fingerprint density at radius 1 is 1.05 bits per heavy atom. The first-order valence-corrected chi connectivity index (χ1v) is 15.3. The number of fused-ring (bicyclic) bond motifs is 5. The summed E-state index contributed by atoms with van der Waals surface area (Å²) in [5.74, 6) is 3.34. The van der Waals surface area contributed by atoms with Gasteiger partial charge < -0.3 is 14.9 Å². The summed E-state index contributed by atoms with van der Waals surface area (Å²) in [6.07, 6.45) is 12.9. The second-order valence-corrected chi connectivity index (χ2v) is 14.3. The topological polar surface area (TPSA) is 66.8 Å². The fraction of sp³-hybridized carbons (Fsp3) is 0.735. The molecule has 0 aliphatic heterocycles. The largest absolute Gasteiger partial charge is 0.458 e. The second kappa shape index (κ2) is 10.4. The Labute approximate surface area is 230 Å². The van der Waals surface area contributed by atoms with Gasteiger partial charge in [0.1, 0.15) is 6.10 Å². The first-order chi connectivity index (χ1) is 17.9. The van der Waals surface area contributed by atoms with Crippen LogP contribution in [0.3, 0.4) is 0 Å². The lowest BCUT2D eigenvalue weighted by molar-refractivity contribution is -0.0666. The van der Waals surface area contributed by atoms with E-state index in [0.717, 1.165) is 43.4 Å². The number of rotatable bonds is 7. The molecule has 0 saturated heterocycles. The van der Waals surface area contributed by atoms with E-state index in [1.54, 1.807) is 19.4 Å². The van der Waals surface area contributed by atoms with Crippen molar-refractivity contribution in [3.63, 3.8) is 0 Å². The van der Waals surface area contributed by atoms with Crippen molar-refractivity contribution in [1.29, 1.82) is 0 Å². The number of benzene rings is 1. The Balaban J connectivity index is 1.25. The number of carbonyl (C=O) groups excluding carboxylic acids is 1. The molecule has 3 fully saturated rings. The Hall–Kier alpha value is -1.65. The summed E-state index contributed by atoms with van der Waals surface area (Å²) in [6.45, 7) is 10.9. The summed E-state index contributed by atoms with van der Waals surface area (Å²) < 4.78 is 5.98. The van der Waals surface area contributed by atoms with Crippen molar-refractivity contribution in [3.05, 3.63) is 47.5 Å². The van der Waals surface area contributed by atoms with Crippen LogP contribution in [0.4, 0.5) is 0 Å². The van der Waals surface area contributed by atoms with Gasteiger partial charge in [-0.15, -0.1) is 0 Å². The van der Waals surface area contributed by atoms with E-state index in [1.165, 1.54) is 32.1 Å². The number of carbonyl (C=O) groups is 1. The normalized spacial score (nSPS) is 38.3. The van der Waals surface area contributed by atoms with Crippen LogP contribution in [0.5, 0.6) is 0 Å². The molecule has 210 valence electrons. The lowest BCUT2D eigenvalue weighted by Crippen LogP contribution is -2.51. The van der Waals surface area contributed by atoms with E-state index in [-0.39, 0.29) is 17.5 Å². The van der Waals surface area contributed by atoms with Crippen LogP contribution in [0.25, 0.3) is 0 Å². The smallest absolute Gasteiger partial charge is 0.338 e. The molecule has 4 unspecified atom stereocenters. The van der Waals surface area contributed by atoms with Crippen LogP contribution >= 0.6 is 0 Å². The zero-order valence-electron chi connectivity index (χ0n) is 24.3. The maximum Gasteiger partial charge on any atom is 0.338 e. The monoisotopic (exact) mass is 522 g/mol. The van der Waals surface area contributed by atoms with Crippen molar-refractivity contribution in [1.82, 2.24) is 0 Å². The Morgan fingerprint density at radius 2 is 1.79 bits per heavy atom. The fourth-order valence-corrected chi connectivity index (χ4v) is 9.47. The van der Waals surface area contributed by atoms with E-state index >= 15 is 0 Å². The quantitative estimate of drug-likeness (QED) is 0.290. The van der Waals surface area contributed by atoms with Gasteiger partial charge in [-0.3, -0.25) is 0 Å². The number of aliphatic hydroxyl groups is 2. The number of aliphatic hydroxyl groups excluding tert-OH is 1. The van der Waals surface area contributed by atoms with Gasteiger partial charge in [0.25, 0.3) is 0 Å². The third kappa shape index (κ3) is 5.01. The zero-order valence-corrected chi connectivity index (χ0v) is 24.3. The first-order valence-electron chi connectivity index (χ1n) is 15.3. The maximum atomic E-state index is 12.7. The van der Waals surface area contributed by atoms with E-state index in [9.17, 15) is 15.0 Å². The SMILES string of the molecule is C[C@H](CC[C@@H](O)C(C)(C)O)[C@H]1CCC2C3CC=C4CC(OC(=O)c5ccccc5)CC[C@]4(C)C3CC[C@@]21C. The van der Waals surface area contributed by atoms with Crippen LogP contribution < -0.4 is 0 Å². The summed E-state index contributed by atoms with van der Waals surface area (Å²) in [5.41, 5.74) is 1.78. The average Bonchev–Trinajstić information content (AvgIpc) is 3.24. The average molecular weight is 523 g/mol. The van der Waals surface area contributed by atoms with Crippen LogP contribution in [0.15, 0.2) is 42.0 Å². The van der Waals surface area contributed by atoms with Crippen molar-refractivity contribution in [2.75, 3.05) is 0 Å². The molecule has 0 aromatic heterocycles. The van der Waals surface area contributed by atoms with E-state index in [4.69, 9.17) is 4.74 Å². The van der Waals surface area contributed by atoms with Crippen molar-refractivity contribution in [2.45, 2.75) is 117 Å². The number of esters is 1. The Bertz CT molecular complexity index is 1020. The van der Waals surface area contributed by atoms with Gasteiger partial charge in [0.15, 0.2) is 0 Å². The number of ether oxygens (including phenoxy) is 1. The lowest BCUT2D eigenvalue weighted by Gasteiger charge is -2.58. The van der Waals surface area contributed by atoms with Crippen molar-refractivity contribution < 1.29 is 19.7 Å². The molecule has 9 atom stereocenters. The molecule has 0 radical (unpaired) electrons. The summed E-state index contributed by atoms with van der Waals surface area (Å²) >= 11 is 0. The maximum absolute atomic E-state index is 12.7. The molecule has 4 nitrogen and oxygen atoms in total. The predicted molar refractivity (Wildman–Crippen MR) is 152 cm³/mol. The molecule has 4 heteroatoms. The minimum absolute atomic E-state index is 0.0107. The number of hydrogen-bond acceptors (Lipinski definition) is 4. The van der Waals surface area contributed by atoms with Crippen LogP contribution in [0.2, 0.25) is 0 Å². The van der Waals surface area contributed by atoms with Gasteiger partial charge >= 0.3 is 5.97 Å². The Kier molecular flexibility index (Phi) is 7.63. The third-order valence-corrected chi connectivity index (χ3v) is 11.8. The molecular formula is C34H50O4. The van der Waals surface area contributed by atoms with Gasteiger partial charge in [0.2, 0.25) is 0 Å². The summed E-state index contributed by atoms with van der Waals surface area (Å²) in [6, 6.07) is 9.39. The van der Waals surface area contributed by atoms with Gasteiger partial charge in [0, 0.05) is 6.42 Å². The molecule has 38 heavy (non-hydrogen) atoms. The van der Waals surface area contributed by atoms with Crippen molar-refractivity contribution >= 4 is 5.97 Å². The fourth-order valence-electron chi connectivity index (χ4n) is 9.47. The van der Waals surface area contributed by atoms with Crippen molar-refractivity contribution in [2.24, 2.45) is 40.4 Å². The summed E-state index contributed by atoms with van der Waals surface area (Å²) in [7, 11) is 0. The van der Waals surface area contributed by atoms with Gasteiger partial charge in [-0.2, -0.15) is 0 Å². The molecule has 3 saturated carbocycles. The van der Waals surface area contributed by atoms with E-state index in [1.807, 2.05) is 30.3 Å². The highest BCUT2D eigenvalue weighted by molar-refractivity contribution is 5.89. The van der Waals surface area contributed by atoms with Crippen LogP contribution in [-0.4, -0.2) is 34.0 Å². The van der Waals surface area contributed by atoms with E-state index < -0.39 is 11.7 Å². The zero-order chi connectivity index (χ0) is 27.3. The molecule has 0 spiro atoms. The van der Waals surface area contributed by atoms with Gasteiger partial charge in [-0.05, 0) is 124 Å². The van der Waals surface area contributed by atoms with E-state index in [2.05, 4.69) is 26.8 Å². The van der Waals surface area contributed by atoms with Crippen LogP contribution in [0.1, 0.15) is 109 Å². The summed E-state index contributed by atoms with van der Waals surface area (Å²) in [4.78, 5) is 12.7. The third-order valence-electron chi connectivity index (χ3n) is 11.8. The highest BCUT2D eigenvalue weighted by atomic mass is 16.5. The number of hydrogen-bond donors (Lipinski definition) is 2. The predicted octanol–water partition coefficient (Wildman–Crippen LogP) is 7.34. The molecule has 0 amide bonds. The first kappa shape index (κ1) is 27.9. The van der Waals surface area contributed by atoms with Crippen LogP contribution in [-0.2, 0) is 4.74 Å². The number of allylic oxidation sites excluding steroid dienone is 1. The molecule has 0 bridgehead atoms. The molecular weight excluding hydrogens is 472 g/mol. The van der Waals surface area contributed by atoms with Gasteiger partial charge in [0.05, 0.1) is 17.3 Å². The Morgan fingerprint density at radius 3 is 2.50 bits per heavy atom. The highest BCUT2D eigenvalue weighted by Crippen LogP contribution is 2.67. The molecule has 1 aromatic carbocycles. The standard InChI is InChI=1S/C34H50O4/c1-22(11-16-30(35)32(2,3)37)27-14-15-28-26-13-12-24-21-25(38-31(36)23-9-7-6-8-10-23)17-19-33(24,4)29(26)18-20-34(27,28)5/h6-10,12,22,25-30,35,37H,11,13-21H2,1-5H3/t22-,25?,26?,27-,28?,29?,30-,33+,34-/m1/s1. The molecule has 4 aliphatic rings. The molecule has 2 N–H and O–H groups in total. The van der Waals surface area contributed by atoms with Gasteiger partial charge in [-0.25, -0.2) is 4.79 Å². The molecule has 4 aliphatic carbocycles. The summed E-state index contributed by atoms with van der Waals surface area (Å²) in [5, 5.41) is 20.6.